The predicted octanol–water partition coefficient (Wildman–Crippen LogP) is 3.86. The Labute approximate surface area is 76.7 Å². The van der Waals surface area contributed by atoms with E-state index in [0.717, 1.165) is 11.8 Å². The van der Waals surface area contributed by atoms with Gasteiger partial charge in [0.05, 0.1) is 0 Å². The monoisotopic (exact) mass is 166 g/mol. The quantitative estimate of drug-likeness (QED) is 0.512. The first-order chi connectivity index (χ1) is 5.42. The second-order valence-corrected chi connectivity index (χ2v) is 6.37. The van der Waals surface area contributed by atoms with Gasteiger partial charge < -0.3 is 0 Å². The maximum atomic E-state index is 2.49. The summed E-state index contributed by atoms with van der Waals surface area (Å²) in [7, 11) is 0. The van der Waals surface area contributed by atoms with Gasteiger partial charge in [0, 0.05) is 0 Å². The average molecular weight is 166 g/mol. The van der Waals surface area contributed by atoms with Crippen LogP contribution in [0.15, 0.2) is 0 Å². The third-order valence-corrected chi connectivity index (χ3v) is 4.57. The third kappa shape index (κ3) is 1.11. The molecule has 0 spiro atoms. The molecule has 0 heteroatoms. The normalized spacial score (nSPS) is 43.0. The van der Waals surface area contributed by atoms with Gasteiger partial charge in [-0.25, -0.2) is 0 Å². The molecular formula is C12H22. The molecule has 0 heterocycles. The number of hydrogen-bond donors (Lipinski definition) is 0. The van der Waals surface area contributed by atoms with E-state index < -0.39 is 0 Å². The summed E-state index contributed by atoms with van der Waals surface area (Å²) >= 11 is 0. The molecule has 2 unspecified atom stereocenters. The van der Waals surface area contributed by atoms with E-state index in [1.54, 1.807) is 0 Å². The van der Waals surface area contributed by atoms with Crippen LogP contribution in [0.5, 0.6) is 0 Å². The molecule has 0 saturated heterocycles. The molecule has 70 valence electrons. The van der Waals surface area contributed by atoms with Crippen LogP contribution in [0.3, 0.4) is 0 Å². The van der Waals surface area contributed by atoms with Crippen molar-refractivity contribution in [3.63, 3.8) is 0 Å². The molecule has 0 aliphatic heterocycles. The minimum absolute atomic E-state index is 0.640. The van der Waals surface area contributed by atoms with Crippen LogP contribution in [-0.4, -0.2) is 0 Å². The Balaban J connectivity index is 2.23. The maximum absolute atomic E-state index is 2.49. The van der Waals surface area contributed by atoms with Gasteiger partial charge in [0.25, 0.3) is 0 Å². The fourth-order valence-electron chi connectivity index (χ4n) is 3.63. The van der Waals surface area contributed by atoms with E-state index in [1.807, 2.05) is 0 Å². The molecule has 0 aromatic rings. The first-order valence-corrected chi connectivity index (χ1v) is 5.42. The molecule has 0 radical (unpaired) electrons. The van der Waals surface area contributed by atoms with Crippen molar-refractivity contribution >= 4 is 0 Å². The number of hydrogen-bond acceptors (Lipinski definition) is 0. The molecule has 0 nitrogen and oxygen atoms in total. The minimum Gasteiger partial charge on any atom is -0.0599 e. The number of rotatable bonds is 0. The Morgan fingerprint density at radius 1 is 0.833 bits per heavy atom. The van der Waals surface area contributed by atoms with Crippen molar-refractivity contribution in [2.75, 3.05) is 0 Å². The smallest absolute Gasteiger partial charge is 0.0297 e. The predicted molar refractivity (Wildman–Crippen MR) is 53.0 cm³/mol. The molecule has 2 rings (SSSR count). The lowest BCUT2D eigenvalue weighted by molar-refractivity contribution is 0.0427. The highest BCUT2D eigenvalue weighted by molar-refractivity contribution is 5.00. The molecule has 2 atom stereocenters. The Kier molecular flexibility index (Phi) is 1.63. The van der Waals surface area contributed by atoms with Crippen LogP contribution >= 0.6 is 0 Å². The minimum atomic E-state index is 0.640. The zero-order chi connectivity index (χ0) is 8.98. The van der Waals surface area contributed by atoms with Crippen LogP contribution in [0.2, 0.25) is 0 Å². The standard InChI is InChI=1S/C12H22/c1-11(2)7-9-5-6-10(8-11)12(9,3)4/h9-10H,5-8H2,1-4H3. The molecule has 2 fully saturated rings. The summed E-state index contributed by atoms with van der Waals surface area (Å²) < 4.78 is 0. The summed E-state index contributed by atoms with van der Waals surface area (Å²) in [4.78, 5) is 0. The van der Waals surface area contributed by atoms with Crippen molar-refractivity contribution in [2.45, 2.75) is 53.4 Å². The third-order valence-electron chi connectivity index (χ3n) is 4.57. The average Bonchev–Trinajstić information content (AvgIpc) is 2.17. The lowest BCUT2D eigenvalue weighted by atomic mass is 9.60. The molecule has 0 N–H and O–H groups in total. The Bertz CT molecular complexity index is 170. The van der Waals surface area contributed by atoms with Crippen LogP contribution in [0, 0.1) is 22.7 Å². The van der Waals surface area contributed by atoms with E-state index in [2.05, 4.69) is 27.7 Å². The molecule has 2 aliphatic carbocycles. The summed E-state index contributed by atoms with van der Waals surface area (Å²) in [6.07, 6.45) is 5.94. The van der Waals surface area contributed by atoms with E-state index in [0.29, 0.717) is 10.8 Å². The molecular weight excluding hydrogens is 144 g/mol. The van der Waals surface area contributed by atoms with Crippen LogP contribution in [-0.2, 0) is 0 Å². The van der Waals surface area contributed by atoms with Crippen LogP contribution in [0.1, 0.15) is 53.4 Å². The highest BCUT2D eigenvalue weighted by atomic mass is 14.5. The highest BCUT2D eigenvalue weighted by Crippen LogP contribution is 2.59. The Hall–Kier alpha value is 0. The maximum Gasteiger partial charge on any atom is -0.0297 e. The van der Waals surface area contributed by atoms with Gasteiger partial charge in [0.2, 0.25) is 0 Å². The summed E-state index contributed by atoms with van der Waals surface area (Å²) in [5.41, 5.74) is 1.30. The molecule has 2 aliphatic rings. The van der Waals surface area contributed by atoms with Gasteiger partial charge in [0.15, 0.2) is 0 Å². The topological polar surface area (TPSA) is 0 Å². The van der Waals surface area contributed by atoms with E-state index in [4.69, 9.17) is 0 Å². The fraction of sp³-hybridized carbons (Fsp3) is 1.00. The van der Waals surface area contributed by atoms with Crippen LogP contribution in [0.25, 0.3) is 0 Å². The van der Waals surface area contributed by atoms with Crippen molar-refractivity contribution in [3.05, 3.63) is 0 Å². The molecule has 0 aromatic carbocycles. The molecule has 0 amide bonds. The highest BCUT2D eigenvalue weighted by Gasteiger charge is 2.50. The first kappa shape index (κ1) is 8.59. The lowest BCUT2D eigenvalue weighted by Crippen LogP contribution is -2.37. The fourth-order valence-corrected chi connectivity index (χ4v) is 3.63. The molecule has 0 aromatic heterocycles. The molecule has 2 bridgehead atoms. The summed E-state index contributed by atoms with van der Waals surface area (Å²) in [5, 5.41) is 0. The first-order valence-electron chi connectivity index (χ1n) is 5.42. The van der Waals surface area contributed by atoms with Gasteiger partial charge in [-0.1, -0.05) is 27.7 Å². The van der Waals surface area contributed by atoms with Crippen LogP contribution in [0.4, 0.5) is 0 Å². The largest absolute Gasteiger partial charge is 0.0599 e. The SMILES string of the molecule is CC1(C)CC2CCC(C1)C2(C)C. The number of fused-ring (bicyclic) bond motifs is 2. The van der Waals surface area contributed by atoms with Crippen molar-refractivity contribution in [2.24, 2.45) is 22.7 Å². The van der Waals surface area contributed by atoms with Crippen molar-refractivity contribution in [3.8, 4) is 0 Å². The van der Waals surface area contributed by atoms with Gasteiger partial charge >= 0.3 is 0 Å². The van der Waals surface area contributed by atoms with Gasteiger partial charge in [-0.3, -0.25) is 0 Å². The van der Waals surface area contributed by atoms with Gasteiger partial charge in [-0.05, 0) is 48.3 Å². The summed E-state index contributed by atoms with van der Waals surface area (Å²) in [5.74, 6) is 2.04. The molecule has 12 heavy (non-hydrogen) atoms. The van der Waals surface area contributed by atoms with E-state index in [1.165, 1.54) is 25.7 Å². The Morgan fingerprint density at radius 2 is 1.25 bits per heavy atom. The Morgan fingerprint density at radius 3 is 1.67 bits per heavy atom. The van der Waals surface area contributed by atoms with E-state index in [-0.39, 0.29) is 0 Å². The summed E-state index contributed by atoms with van der Waals surface area (Å²) in [6, 6.07) is 0. The summed E-state index contributed by atoms with van der Waals surface area (Å²) in [6.45, 7) is 9.89. The zero-order valence-corrected chi connectivity index (χ0v) is 8.98. The molecule has 2 saturated carbocycles. The van der Waals surface area contributed by atoms with Gasteiger partial charge in [-0.2, -0.15) is 0 Å². The van der Waals surface area contributed by atoms with Crippen molar-refractivity contribution in [1.29, 1.82) is 0 Å². The van der Waals surface area contributed by atoms with Crippen molar-refractivity contribution < 1.29 is 0 Å². The van der Waals surface area contributed by atoms with Crippen molar-refractivity contribution in [1.82, 2.24) is 0 Å². The lowest BCUT2D eigenvalue weighted by Gasteiger charge is -2.45. The second-order valence-electron chi connectivity index (χ2n) is 6.37. The van der Waals surface area contributed by atoms with E-state index >= 15 is 0 Å². The zero-order valence-electron chi connectivity index (χ0n) is 8.98. The van der Waals surface area contributed by atoms with Crippen LogP contribution < -0.4 is 0 Å². The second kappa shape index (κ2) is 2.27. The van der Waals surface area contributed by atoms with Gasteiger partial charge in [0.1, 0.15) is 0 Å². The van der Waals surface area contributed by atoms with Gasteiger partial charge in [-0.15, -0.1) is 0 Å². The van der Waals surface area contributed by atoms with E-state index in [9.17, 15) is 0 Å².